The number of alkyl halides is 1. The van der Waals surface area contributed by atoms with Crippen molar-refractivity contribution in [2.45, 2.75) is 39.0 Å². The van der Waals surface area contributed by atoms with E-state index < -0.39 is 0 Å². The lowest BCUT2D eigenvalue weighted by molar-refractivity contribution is 0.624. The van der Waals surface area contributed by atoms with Gasteiger partial charge in [-0.2, -0.15) is 0 Å². The normalized spacial score (nSPS) is 12.4. The van der Waals surface area contributed by atoms with Crippen LogP contribution < -0.4 is 0 Å². The Balaban J connectivity index is 2.39. The molecule has 0 N–H and O–H groups in total. The van der Waals surface area contributed by atoms with Gasteiger partial charge in [-0.1, -0.05) is 38.1 Å². The fourth-order valence-corrected chi connectivity index (χ4v) is 2.84. The molecule has 0 spiro atoms. The highest BCUT2D eigenvalue weighted by atomic mass is 35.5. The predicted octanol–water partition coefficient (Wildman–Crippen LogP) is 5.59. The van der Waals surface area contributed by atoms with Crippen LogP contribution in [0.25, 0.3) is 0 Å². The van der Waals surface area contributed by atoms with Gasteiger partial charge in [0.2, 0.25) is 0 Å². The molecule has 0 fully saturated rings. The topological polar surface area (TPSA) is 0 Å². The van der Waals surface area contributed by atoms with Crippen LogP contribution in [0.1, 0.15) is 47.0 Å². The number of rotatable bonds is 4. The van der Waals surface area contributed by atoms with Crippen molar-refractivity contribution in [3.63, 3.8) is 0 Å². The summed E-state index contributed by atoms with van der Waals surface area (Å²) in [4.78, 5) is 0. The first-order valence-electron chi connectivity index (χ1n) is 7.08. The van der Waals surface area contributed by atoms with Crippen molar-refractivity contribution in [3.8, 4) is 0 Å². The van der Waals surface area contributed by atoms with Crippen LogP contribution in [-0.4, -0.2) is 0 Å². The summed E-state index contributed by atoms with van der Waals surface area (Å²) in [6.07, 6.45) is 2.01. The molecule has 2 aromatic rings. The van der Waals surface area contributed by atoms with Gasteiger partial charge in [0.05, 0.1) is 5.38 Å². The molecule has 0 bridgehead atoms. The average Bonchev–Trinajstić information content (AvgIpc) is 2.44. The zero-order valence-corrected chi connectivity index (χ0v) is 13.0. The van der Waals surface area contributed by atoms with E-state index in [1.807, 2.05) is 13.0 Å². The Labute approximate surface area is 125 Å². The van der Waals surface area contributed by atoms with Crippen LogP contribution in [0.4, 0.5) is 4.39 Å². The van der Waals surface area contributed by atoms with Crippen LogP contribution in [0.3, 0.4) is 0 Å². The summed E-state index contributed by atoms with van der Waals surface area (Å²) < 4.78 is 13.5. The van der Waals surface area contributed by atoms with Crippen LogP contribution in [0.2, 0.25) is 0 Å². The Morgan fingerprint density at radius 3 is 2.25 bits per heavy atom. The number of aryl methyl sites for hydroxylation is 3. The molecular formula is C18H20ClF. The summed E-state index contributed by atoms with van der Waals surface area (Å²) in [6.45, 7) is 6.18. The van der Waals surface area contributed by atoms with E-state index in [1.54, 1.807) is 0 Å². The van der Waals surface area contributed by atoms with Crippen LogP contribution in [0.15, 0.2) is 36.4 Å². The highest BCUT2D eigenvalue weighted by Crippen LogP contribution is 2.31. The van der Waals surface area contributed by atoms with E-state index in [0.29, 0.717) is 0 Å². The summed E-state index contributed by atoms with van der Waals surface area (Å²) in [5, 5.41) is -0.305. The molecule has 0 amide bonds. The molecular weight excluding hydrogens is 271 g/mol. The highest BCUT2D eigenvalue weighted by molar-refractivity contribution is 6.22. The van der Waals surface area contributed by atoms with E-state index in [2.05, 4.69) is 32.0 Å². The molecule has 0 aliphatic carbocycles. The molecule has 0 aliphatic rings. The average molecular weight is 291 g/mol. The minimum Gasteiger partial charge on any atom is -0.207 e. The van der Waals surface area contributed by atoms with Crippen LogP contribution >= 0.6 is 11.6 Å². The summed E-state index contributed by atoms with van der Waals surface area (Å²) >= 11 is 6.53. The lowest BCUT2D eigenvalue weighted by Gasteiger charge is -2.14. The Hall–Kier alpha value is -1.34. The lowest BCUT2D eigenvalue weighted by atomic mass is 9.96. The Morgan fingerprint density at radius 2 is 1.65 bits per heavy atom. The van der Waals surface area contributed by atoms with E-state index in [0.717, 1.165) is 29.5 Å². The van der Waals surface area contributed by atoms with Gasteiger partial charge in [-0.3, -0.25) is 0 Å². The van der Waals surface area contributed by atoms with E-state index in [4.69, 9.17) is 11.6 Å². The maximum atomic E-state index is 13.5. The molecule has 0 aliphatic heterocycles. The fraction of sp³-hybridized carbons (Fsp3) is 0.333. The van der Waals surface area contributed by atoms with Crippen molar-refractivity contribution in [2.24, 2.45) is 0 Å². The van der Waals surface area contributed by atoms with Crippen molar-refractivity contribution < 1.29 is 4.39 Å². The predicted molar refractivity (Wildman–Crippen MR) is 84.0 cm³/mol. The largest absolute Gasteiger partial charge is 0.207 e. The zero-order valence-electron chi connectivity index (χ0n) is 12.2. The first kappa shape index (κ1) is 15.1. The summed E-state index contributed by atoms with van der Waals surface area (Å²) in [6, 6.07) is 11.3. The summed E-state index contributed by atoms with van der Waals surface area (Å²) in [5.41, 5.74) is 5.42. The number of hydrogen-bond acceptors (Lipinski definition) is 0. The molecule has 1 unspecified atom stereocenters. The second-order valence-electron chi connectivity index (χ2n) is 5.16. The van der Waals surface area contributed by atoms with Gasteiger partial charge in [0, 0.05) is 0 Å². The van der Waals surface area contributed by atoms with Gasteiger partial charge in [0.15, 0.2) is 0 Å². The fourth-order valence-electron chi connectivity index (χ4n) is 2.58. The van der Waals surface area contributed by atoms with Gasteiger partial charge in [-0.05, 0) is 59.7 Å². The molecule has 0 saturated carbocycles. The van der Waals surface area contributed by atoms with Gasteiger partial charge >= 0.3 is 0 Å². The molecule has 106 valence electrons. The quantitative estimate of drug-likeness (QED) is 0.644. The van der Waals surface area contributed by atoms with Crippen LogP contribution in [0, 0.1) is 12.7 Å². The number of benzene rings is 2. The molecule has 2 heteroatoms. The van der Waals surface area contributed by atoms with Crippen molar-refractivity contribution in [1.82, 2.24) is 0 Å². The van der Waals surface area contributed by atoms with E-state index >= 15 is 0 Å². The number of halogens is 2. The Morgan fingerprint density at radius 1 is 0.950 bits per heavy atom. The molecule has 20 heavy (non-hydrogen) atoms. The Kier molecular flexibility index (Phi) is 4.82. The zero-order chi connectivity index (χ0) is 14.7. The number of hydrogen-bond donors (Lipinski definition) is 0. The van der Waals surface area contributed by atoms with Crippen LogP contribution in [-0.2, 0) is 12.8 Å². The first-order chi connectivity index (χ1) is 9.55. The SMILES string of the molecule is CCc1ccc(C(Cl)c2cc(C)cc(F)c2)cc1CC. The van der Waals surface area contributed by atoms with Gasteiger partial charge < -0.3 is 0 Å². The smallest absolute Gasteiger partial charge is 0.123 e. The monoisotopic (exact) mass is 290 g/mol. The van der Waals surface area contributed by atoms with E-state index in [1.165, 1.54) is 23.3 Å². The Bertz CT molecular complexity index is 584. The second-order valence-corrected chi connectivity index (χ2v) is 5.60. The van der Waals surface area contributed by atoms with Gasteiger partial charge in [0.1, 0.15) is 5.82 Å². The van der Waals surface area contributed by atoms with E-state index in [9.17, 15) is 4.39 Å². The van der Waals surface area contributed by atoms with Crippen molar-refractivity contribution in [1.29, 1.82) is 0 Å². The third-order valence-corrected chi connectivity index (χ3v) is 4.15. The van der Waals surface area contributed by atoms with Crippen molar-refractivity contribution >= 4 is 11.6 Å². The van der Waals surface area contributed by atoms with E-state index in [-0.39, 0.29) is 11.2 Å². The minimum atomic E-state index is -0.305. The molecule has 0 saturated heterocycles. The van der Waals surface area contributed by atoms with Gasteiger partial charge in [-0.25, -0.2) is 4.39 Å². The molecule has 2 rings (SSSR count). The molecule has 0 radical (unpaired) electrons. The van der Waals surface area contributed by atoms with Crippen molar-refractivity contribution in [3.05, 3.63) is 70.0 Å². The maximum Gasteiger partial charge on any atom is 0.123 e. The highest BCUT2D eigenvalue weighted by Gasteiger charge is 2.13. The maximum absolute atomic E-state index is 13.5. The van der Waals surface area contributed by atoms with Gasteiger partial charge in [0.25, 0.3) is 0 Å². The standard InChI is InChI=1S/C18H20ClF/c1-4-13-6-7-15(10-14(13)5-2)18(19)16-8-12(3)9-17(20)11-16/h6-11,18H,4-5H2,1-3H3. The molecule has 2 aromatic carbocycles. The molecule has 1 atom stereocenters. The summed E-state index contributed by atoms with van der Waals surface area (Å²) in [5.74, 6) is -0.230. The van der Waals surface area contributed by atoms with Crippen LogP contribution in [0.5, 0.6) is 0 Å². The second kappa shape index (κ2) is 6.41. The molecule has 0 nitrogen and oxygen atoms in total. The van der Waals surface area contributed by atoms with Gasteiger partial charge in [-0.15, -0.1) is 11.6 Å². The first-order valence-corrected chi connectivity index (χ1v) is 7.51. The molecule has 0 heterocycles. The minimum absolute atomic E-state index is 0.230. The third-order valence-electron chi connectivity index (χ3n) is 3.64. The summed E-state index contributed by atoms with van der Waals surface area (Å²) in [7, 11) is 0. The third kappa shape index (κ3) is 3.21. The lowest BCUT2D eigenvalue weighted by Crippen LogP contribution is -1.99. The van der Waals surface area contributed by atoms with Crippen molar-refractivity contribution in [2.75, 3.05) is 0 Å². The molecule has 0 aromatic heterocycles.